The molecule has 1 aliphatic heterocycles. The van der Waals surface area contributed by atoms with Crippen LogP contribution in [0.1, 0.15) is 36.5 Å². The molecule has 2 amide bonds. The number of hydrogen-bond acceptors (Lipinski definition) is 6. The number of rotatable bonds is 7. The number of nitrogens with zero attached hydrogens (tertiary/aromatic N) is 2. The van der Waals surface area contributed by atoms with E-state index in [9.17, 15) is 18.0 Å². The van der Waals surface area contributed by atoms with Crippen molar-refractivity contribution in [3.8, 4) is 5.75 Å². The van der Waals surface area contributed by atoms with Gasteiger partial charge in [0.2, 0.25) is 15.9 Å². The summed E-state index contributed by atoms with van der Waals surface area (Å²) in [6, 6.07) is 9.55. The summed E-state index contributed by atoms with van der Waals surface area (Å²) in [6.45, 7) is 2.98. The van der Waals surface area contributed by atoms with E-state index < -0.39 is 15.9 Å². The maximum absolute atomic E-state index is 13.4. The van der Waals surface area contributed by atoms with Crippen LogP contribution >= 0.6 is 0 Å². The number of hydrogen-bond donors (Lipinski definition) is 2. The number of nitrogens with one attached hydrogen (secondary N) is 2. The van der Waals surface area contributed by atoms with E-state index in [1.54, 1.807) is 24.3 Å². The molecule has 1 aliphatic rings. The highest BCUT2D eigenvalue weighted by Crippen LogP contribution is 2.32. The van der Waals surface area contributed by atoms with E-state index in [-0.39, 0.29) is 16.4 Å². The van der Waals surface area contributed by atoms with Crippen LogP contribution < -0.4 is 20.3 Å². The Bertz CT molecular complexity index is 1140. The first-order chi connectivity index (χ1) is 15.6. The average Bonchev–Trinajstić information content (AvgIpc) is 2.79. The fraction of sp³-hybridized carbons (Fsp3) is 0.391. The third kappa shape index (κ3) is 5.63. The van der Waals surface area contributed by atoms with Crippen molar-refractivity contribution >= 4 is 38.9 Å². The van der Waals surface area contributed by atoms with Gasteiger partial charge < -0.3 is 20.3 Å². The number of anilines is 3. The van der Waals surface area contributed by atoms with Gasteiger partial charge in [-0.25, -0.2) is 12.7 Å². The Morgan fingerprint density at radius 2 is 1.70 bits per heavy atom. The van der Waals surface area contributed by atoms with Crippen LogP contribution in [-0.2, 0) is 14.8 Å². The van der Waals surface area contributed by atoms with E-state index in [4.69, 9.17) is 4.74 Å². The van der Waals surface area contributed by atoms with Gasteiger partial charge in [0.1, 0.15) is 5.75 Å². The molecule has 0 atom stereocenters. The summed E-state index contributed by atoms with van der Waals surface area (Å²) in [5.41, 5.74) is 1.80. The molecule has 10 heteroatoms. The minimum Gasteiger partial charge on any atom is -0.495 e. The van der Waals surface area contributed by atoms with Gasteiger partial charge in [-0.2, -0.15) is 0 Å². The summed E-state index contributed by atoms with van der Waals surface area (Å²) < 4.78 is 31.9. The summed E-state index contributed by atoms with van der Waals surface area (Å²) in [4.78, 5) is 27.0. The predicted molar refractivity (Wildman–Crippen MR) is 129 cm³/mol. The van der Waals surface area contributed by atoms with E-state index in [2.05, 4.69) is 15.5 Å². The van der Waals surface area contributed by atoms with Crippen LogP contribution in [0.15, 0.2) is 41.3 Å². The van der Waals surface area contributed by atoms with Crippen molar-refractivity contribution in [3.63, 3.8) is 0 Å². The first-order valence-electron chi connectivity index (χ1n) is 10.7. The van der Waals surface area contributed by atoms with Gasteiger partial charge >= 0.3 is 0 Å². The molecule has 1 fully saturated rings. The highest BCUT2D eigenvalue weighted by atomic mass is 32.2. The van der Waals surface area contributed by atoms with E-state index in [0.29, 0.717) is 22.8 Å². The van der Waals surface area contributed by atoms with Crippen molar-refractivity contribution in [2.45, 2.75) is 31.1 Å². The molecule has 0 spiro atoms. The zero-order valence-electron chi connectivity index (χ0n) is 19.3. The van der Waals surface area contributed by atoms with Gasteiger partial charge in [0.05, 0.1) is 23.3 Å². The summed E-state index contributed by atoms with van der Waals surface area (Å²) >= 11 is 0. The van der Waals surface area contributed by atoms with Gasteiger partial charge in [-0.05, 0) is 55.7 Å². The van der Waals surface area contributed by atoms with Crippen LogP contribution in [-0.4, -0.2) is 58.8 Å². The lowest BCUT2D eigenvalue weighted by molar-refractivity contribution is -0.114. The molecule has 0 aliphatic carbocycles. The molecular formula is C23H30N4O5S. The molecule has 1 heterocycles. The van der Waals surface area contributed by atoms with Crippen molar-refractivity contribution in [1.82, 2.24) is 4.31 Å². The van der Waals surface area contributed by atoms with Crippen molar-refractivity contribution in [2.24, 2.45) is 0 Å². The fourth-order valence-corrected chi connectivity index (χ4v) is 4.68. The molecule has 2 aromatic rings. The van der Waals surface area contributed by atoms with E-state index in [1.807, 2.05) is 0 Å². The standard InChI is InChI=1S/C23H30N4O5S/c1-16(28)24-17-8-11-22(32-4)20(14-17)25-23(29)19-15-18(33(30,31)26(2)3)9-10-21(19)27-12-6-5-7-13-27/h8-11,14-15H,5-7,12-13H2,1-4H3,(H,24,28)(H,25,29). The normalized spacial score (nSPS) is 14.2. The molecule has 178 valence electrons. The van der Waals surface area contributed by atoms with Crippen molar-refractivity contribution < 1.29 is 22.7 Å². The van der Waals surface area contributed by atoms with Gasteiger partial charge in [-0.15, -0.1) is 0 Å². The number of sulfonamides is 1. The molecule has 9 nitrogen and oxygen atoms in total. The molecule has 0 unspecified atom stereocenters. The zero-order chi connectivity index (χ0) is 24.2. The third-order valence-corrected chi connectivity index (χ3v) is 7.27. The molecule has 2 aromatic carbocycles. The smallest absolute Gasteiger partial charge is 0.257 e. The molecular weight excluding hydrogens is 444 g/mol. The van der Waals surface area contributed by atoms with E-state index in [1.165, 1.54) is 40.3 Å². The molecule has 1 saturated heterocycles. The third-order valence-electron chi connectivity index (χ3n) is 5.46. The summed E-state index contributed by atoms with van der Waals surface area (Å²) in [6.07, 6.45) is 3.13. The van der Waals surface area contributed by atoms with Crippen LogP contribution in [0.2, 0.25) is 0 Å². The first-order valence-corrected chi connectivity index (χ1v) is 12.2. The van der Waals surface area contributed by atoms with Crippen LogP contribution in [0.4, 0.5) is 17.1 Å². The molecule has 0 bridgehead atoms. The van der Waals surface area contributed by atoms with Gasteiger partial charge in [0.15, 0.2) is 0 Å². The number of benzene rings is 2. The number of carbonyl (C=O) groups excluding carboxylic acids is 2. The quantitative estimate of drug-likeness (QED) is 0.638. The molecule has 2 N–H and O–H groups in total. The molecule has 33 heavy (non-hydrogen) atoms. The first kappa shape index (κ1) is 24.5. The van der Waals surface area contributed by atoms with Crippen LogP contribution in [0.3, 0.4) is 0 Å². The van der Waals surface area contributed by atoms with Gasteiger partial charge in [0.25, 0.3) is 5.91 Å². The lowest BCUT2D eigenvalue weighted by Crippen LogP contribution is -2.32. The van der Waals surface area contributed by atoms with E-state index >= 15 is 0 Å². The Kier molecular flexibility index (Phi) is 7.60. The Labute approximate surface area is 194 Å². The minimum atomic E-state index is -3.72. The van der Waals surface area contributed by atoms with Crippen molar-refractivity contribution in [1.29, 1.82) is 0 Å². The Morgan fingerprint density at radius 3 is 2.30 bits per heavy atom. The van der Waals surface area contributed by atoms with Gasteiger partial charge in [0, 0.05) is 45.5 Å². The molecule has 0 radical (unpaired) electrons. The second-order valence-corrected chi connectivity index (χ2v) is 10.2. The topological polar surface area (TPSA) is 108 Å². The number of ether oxygens (including phenoxy) is 1. The molecule has 0 saturated carbocycles. The van der Waals surface area contributed by atoms with Gasteiger partial charge in [-0.1, -0.05) is 0 Å². The Morgan fingerprint density at radius 1 is 1.00 bits per heavy atom. The molecule has 0 aromatic heterocycles. The SMILES string of the molecule is COc1ccc(NC(C)=O)cc1NC(=O)c1cc(S(=O)(=O)N(C)C)ccc1N1CCCCC1. The fourth-order valence-electron chi connectivity index (χ4n) is 3.76. The van der Waals surface area contributed by atoms with Crippen LogP contribution in [0.5, 0.6) is 5.75 Å². The summed E-state index contributed by atoms with van der Waals surface area (Å²) in [7, 11) is 0.656. The number of carbonyl (C=O) groups is 2. The molecule has 3 rings (SSSR count). The average molecular weight is 475 g/mol. The number of piperidine rings is 1. The highest BCUT2D eigenvalue weighted by molar-refractivity contribution is 7.89. The number of methoxy groups -OCH3 is 1. The lowest BCUT2D eigenvalue weighted by Gasteiger charge is -2.30. The Balaban J connectivity index is 2.04. The van der Waals surface area contributed by atoms with Crippen LogP contribution in [0.25, 0.3) is 0 Å². The largest absolute Gasteiger partial charge is 0.495 e. The summed E-state index contributed by atoms with van der Waals surface area (Å²) in [5, 5.41) is 5.50. The lowest BCUT2D eigenvalue weighted by atomic mass is 10.1. The van der Waals surface area contributed by atoms with Crippen molar-refractivity contribution in [3.05, 3.63) is 42.0 Å². The minimum absolute atomic E-state index is 0.0392. The zero-order valence-corrected chi connectivity index (χ0v) is 20.2. The predicted octanol–water partition coefficient (Wildman–Crippen LogP) is 3.15. The number of amides is 2. The maximum atomic E-state index is 13.4. The maximum Gasteiger partial charge on any atom is 0.257 e. The summed E-state index contributed by atoms with van der Waals surface area (Å²) in [5.74, 6) is -0.301. The van der Waals surface area contributed by atoms with Crippen molar-refractivity contribution in [2.75, 3.05) is 49.8 Å². The van der Waals surface area contributed by atoms with E-state index in [0.717, 1.165) is 36.7 Å². The highest BCUT2D eigenvalue weighted by Gasteiger charge is 2.25. The van der Waals surface area contributed by atoms with Gasteiger partial charge in [-0.3, -0.25) is 9.59 Å². The second kappa shape index (κ2) is 10.2. The monoisotopic (exact) mass is 474 g/mol. The second-order valence-electron chi connectivity index (χ2n) is 8.06. The van der Waals surface area contributed by atoms with Crippen LogP contribution in [0, 0.1) is 0 Å². The Hall–Kier alpha value is -3.11.